The van der Waals surface area contributed by atoms with E-state index in [0.717, 1.165) is 25.7 Å². The minimum atomic E-state index is -0.450. The lowest BCUT2D eigenvalue weighted by atomic mass is 10.2. The van der Waals surface area contributed by atoms with Crippen LogP contribution in [0.15, 0.2) is 48.5 Å². The highest BCUT2D eigenvalue weighted by molar-refractivity contribution is 5.99. The Morgan fingerprint density at radius 2 is 1.28 bits per heavy atom. The van der Waals surface area contributed by atoms with E-state index < -0.39 is 11.8 Å². The standard InChI is InChI=1S/C25H33N3O4/c1-3-5-7-8-18-32-22-16-12-20(13-17-22)25(31)28-27-24(30)19-10-14-21(15-11-19)26-23(29)9-6-4-2/h10-17H,3-9,18H2,1-2H3,(H,26,29)(H,27,30)(H,28,31). The van der Waals surface area contributed by atoms with Crippen molar-refractivity contribution < 1.29 is 19.1 Å². The van der Waals surface area contributed by atoms with Crippen LogP contribution in [0.25, 0.3) is 0 Å². The third kappa shape index (κ3) is 8.79. The van der Waals surface area contributed by atoms with Gasteiger partial charge in [-0.1, -0.05) is 39.5 Å². The molecule has 7 heteroatoms. The van der Waals surface area contributed by atoms with Gasteiger partial charge in [0.1, 0.15) is 5.75 Å². The molecule has 3 N–H and O–H groups in total. The van der Waals surface area contributed by atoms with Crippen LogP contribution in [0, 0.1) is 0 Å². The number of hydrogen-bond donors (Lipinski definition) is 3. The third-order valence-electron chi connectivity index (χ3n) is 4.86. The first-order valence-corrected chi connectivity index (χ1v) is 11.3. The molecule has 0 unspecified atom stereocenters. The Labute approximate surface area is 189 Å². The molecule has 0 heterocycles. The lowest BCUT2D eigenvalue weighted by molar-refractivity contribution is -0.116. The van der Waals surface area contributed by atoms with E-state index in [1.807, 2.05) is 6.92 Å². The number of amides is 3. The van der Waals surface area contributed by atoms with E-state index in [9.17, 15) is 14.4 Å². The van der Waals surface area contributed by atoms with Gasteiger partial charge in [-0.2, -0.15) is 0 Å². The van der Waals surface area contributed by atoms with Gasteiger partial charge in [0.2, 0.25) is 5.91 Å². The van der Waals surface area contributed by atoms with Crippen LogP contribution in [-0.2, 0) is 4.79 Å². The van der Waals surface area contributed by atoms with Gasteiger partial charge in [-0.05, 0) is 61.4 Å². The number of anilines is 1. The van der Waals surface area contributed by atoms with Gasteiger partial charge in [0, 0.05) is 23.2 Å². The molecule has 7 nitrogen and oxygen atoms in total. The summed E-state index contributed by atoms with van der Waals surface area (Å²) in [5.74, 6) is -0.213. The first kappa shape index (κ1) is 24.9. The van der Waals surface area contributed by atoms with E-state index in [0.29, 0.717) is 35.6 Å². The zero-order chi connectivity index (χ0) is 23.2. The summed E-state index contributed by atoms with van der Waals surface area (Å²) in [7, 11) is 0. The summed E-state index contributed by atoms with van der Waals surface area (Å²) in [6.45, 7) is 4.85. The van der Waals surface area contributed by atoms with Crippen molar-refractivity contribution in [3.8, 4) is 5.75 Å². The van der Waals surface area contributed by atoms with E-state index in [1.165, 1.54) is 12.8 Å². The van der Waals surface area contributed by atoms with Gasteiger partial charge in [-0.3, -0.25) is 25.2 Å². The second kappa shape index (κ2) is 13.9. The van der Waals surface area contributed by atoms with E-state index in [-0.39, 0.29) is 5.91 Å². The molecule has 32 heavy (non-hydrogen) atoms. The van der Waals surface area contributed by atoms with Crippen LogP contribution in [0.2, 0.25) is 0 Å². The van der Waals surface area contributed by atoms with Crippen LogP contribution in [0.3, 0.4) is 0 Å². The Hall–Kier alpha value is -3.35. The van der Waals surface area contributed by atoms with E-state index in [4.69, 9.17) is 4.74 Å². The van der Waals surface area contributed by atoms with Crippen molar-refractivity contribution in [2.24, 2.45) is 0 Å². The lowest BCUT2D eigenvalue weighted by Crippen LogP contribution is -2.41. The van der Waals surface area contributed by atoms with E-state index in [1.54, 1.807) is 48.5 Å². The summed E-state index contributed by atoms with van der Waals surface area (Å²) in [5.41, 5.74) is 6.20. The van der Waals surface area contributed by atoms with Crippen molar-refractivity contribution >= 4 is 23.4 Å². The smallest absolute Gasteiger partial charge is 0.269 e. The van der Waals surface area contributed by atoms with Crippen LogP contribution in [0.4, 0.5) is 5.69 Å². The molecule has 0 aliphatic carbocycles. The average Bonchev–Trinajstić information content (AvgIpc) is 2.81. The SMILES string of the molecule is CCCCCCOc1ccc(C(=O)NNC(=O)c2ccc(NC(=O)CCCC)cc2)cc1. The van der Waals surface area contributed by atoms with Crippen molar-refractivity contribution in [1.29, 1.82) is 0 Å². The first-order valence-electron chi connectivity index (χ1n) is 11.3. The summed E-state index contributed by atoms with van der Waals surface area (Å²) in [4.78, 5) is 36.3. The molecule has 2 aromatic rings. The number of unbranched alkanes of at least 4 members (excludes halogenated alkanes) is 4. The van der Waals surface area contributed by atoms with E-state index >= 15 is 0 Å². The number of carbonyl (C=O) groups excluding carboxylic acids is 3. The third-order valence-corrected chi connectivity index (χ3v) is 4.86. The number of carbonyl (C=O) groups is 3. The average molecular weight is 440 g/mol. The lowest BCUT2D eigenvalue weighted by Gasteiger charge is -2.10. The molecule has 0 spiro atoms. The minimum Gasteiger partial charge on any atom is -0.494 e. The first-order chi connectivity index (χ1) is 15.5. The van der Waals surface area contributed by atoms with Crippen molar-refractivity contribution in [3.05, 3.63) is 59.7 Å². The zero-order valence-corrected chi connectivity index (χ0v) is 18.9. The van der Waals surface area contributed by atoms with Gasteiger partial charge < -0.3 is 10.1 Å². The summed E-state index contributed by atoms with van der Waals surface area (Å²) in [5, 5.41) is 2.79. The number of hydrazine groups is 1. The van der Waals surface area contributed by atoms with Gasteiger partial charge in [0.25, 0.3) is 11.8 Å². The Bertz CT molecular complexity index is 864. The molecule has 0 aliphatic rings. The fourth-order valence-corrected chi connectivity index (χ4v) is 2.95. The normalized spacial score (nSPS) is 10.3. The number of rotatable bonds is 12. The molecule has 2 aromatic carbocycles. The largest absolute Gasteiger partial charge is 0.494 e. The number of ether oxygens (including phenoxy) is 1. The Morgan fingerprint density at radius 1 is 0.719 bits per heavy atom. The van der Waals surface area contributed by atoms with Gasteiger partial charge >= 0.3 is 0 Å². The fraction of sp³-hybridized carbons (Fsp3) is 0.400. The maximum atomic E-state index is 12.3. The predicted molar refractivity (Wildman–Crippen MR) is 126 cm³/mol. The van der Waals surface area contributed by atoms with Gasteiger partial charge in [-0.25, -0.2) is 0 Å². The summed E-state index contributed by atoms with van der Waals surface area (Å²) in [6, 6.07) is 13.3. The molecule has 0 saturated carbocycles. The maximum Gasteiger partial charge on any atom is 0.269 e. The quantitative estimate of drug-likeness (QED) is 0.325. The highest BCUT2D eigenvalue weighted by atomic mass is 16.5. The van der Waals surface area contributed by atoms with Crippen LogP contribution in [-0.4, -0.2) is 24.3 Å². The molecule has 0 atom stereocenters. The number of nitrogens with one attached hydrogen (secondary N) is 3. The summed E-state index contributed by atoms with van der Waals surface area (Å²) >= 11 is 0. The molecule has 0 aromatic heterocycles. The van der Waals surface area contributed by atoms with Crippen LogP contribution in [0.5, 0.6) is 5.75 Å². The molecule has 3 amide bonds. The molecule has 0 saturated heterocycles. The molecule has 0 bridgehead atoms. The number of hydrogen-bond acceptors (Lipinski definition) is 4. The van der Waals surface area contributed by atoms with E-state index in [2.05, 4.69) is 23.1 Å². The highest BCUT2D eigenvalue weighted by Crippen LogP contribution is 2.13. The second-order valence-corrected chi connectivity index (χ2v) is 7.57. The van der Waals surface area contributed by atoms with Crippen molar-refractivity contribution in [1.82, 2.24) is 10.9 Å². The molecular formula is C25H33N3O4. The summed E-state index contributed by atoms with van der Waals surface area (Å²) in [6.07, 6.45) is 6.80. The molecule has 2 rings (SSSR count). The molecule has 172 valence electrons. The van der Waals surface area contributed by atoms with Gasteiger partial charge in [0.15, 0.2) is 0 Å². The Balaban J connectivity index is 1.77. The Morgan fingerprint density at radius 3 is 1.84 bits per heavy atom. The van der Waals surface area contributed by atoms with Crippen molar-refractivity contribution in [2.75, 3.05) is 11.9 Å². The minimum absolute atomic E-state index is 0.0516. The highest BCUT2D eigenvalue weighted by Gasteiger charge is 2.10. The van der Waals surface area contributed by atoms with Crippen molar-refractivity contribution in [2.45, 2.75) is 58.8 Å². The topological polar surface area (TPSA) is 96.5 Å². The molecular weight excluding hydrogens is 406 g/mol. The predicted octanol–water partition coefficient (Wildman–Crippen LogP) is 4.85. The molecule has 0 radical (unpaired) electrons. The summed E-state index contributed by atoms with van der Waals surface area (Å²) < 4.78 is 5.67. The van der Waals surface area contributed by atoms with Crippen LogP contribution >= 0.6 is 0 Å². The Kier molecular flexibility index (Phi) is 10.8. The molecule has 0 fully saturated rings. The van der Waals surface area contributed by atoms with Gasteiger partial charge in [-0.15, -0.1) is 0 Å². The van der Waals surface area contributed by atoms with Gasteiger partial charge in [0.05, 0.1) is 6.61 Å². The zero-order valence-electron chi connectivity index (χ0n) is 18.9. The van der Waals surface area contributed by atoms with Crippen LogP contribution in [0.1, 0.15) is 79.5 Å². The maximum absolute atomic E-state index is 12.3. The monoisotopic (exact) mass is 439 g/mol. The second-order valence-electron chi connectivity index (χ2n) is 7.57. The number of benzene rings is 2. The van der Waals surface area contributed by atoms with Crippen LogP contribution < -0.4 is 20.9 Å². The van der Waals surface area contributed by atoms with Crippen molar-refractivity contribution in [3.63, 3.8) is 0 Å². The fourth-order valence-electron chi connectivity index (χ4n) is 2.95. The molecule has 0 aliphatic heterocycles.